The van der Waals surface area contributed by atoms with Crippen molar-refractivity contribution in [3.8, 4) is 0 Å². The molecule has 1 amide bonds. The molecule has 0 spiro atoms. The van der Waals surface area contributed by atoms with Gasteiger partial charge in [-0.3, -0.25) is 9.48 Å². The minimum Gasteiger partial charge on any atom is -0.351 e. The molecule has 0 saturated heterocycles. The summed E-state index contributed by atoms with van der Waals surface area (Å²) < 4.78 is 1.96. The van der Waals surface area contributed by atoms with E-state index < -0.39 is 0 Å². The Labute approximate surface area is 110 Å². The van der Waals surface area contributed by atoms with Gasteiger partial charge < -0.3 is 5.32 Å². The zero-order chi connectivity index (χ0) is 13.0. The highest BCUT2D eigenvalue weighted by Gasteiger charge is 2.06. The number of hydrogen-bond donors (Lipinski definition) is 1. The van der Waals surface area contributed by atoms with Crippen molar-refractivity contribution in [1.29, 1.82) is 0 Å². The Hall–Kier alpha value is -1.69. The van der Waals surface area contributed by atoms with E-state index in [0.717, 1.165) is 24.4 Å². The summed E-state index contributed by atoms with van der Waals surface area (Å²) in [6, 6.07) is 2.05. The predicted octanol–water partition coefficient (Wildman–Crippen LogP) is 1.78. The van der Waals surface area contributed by atoms with Crippen LogP contribution in [0.3, 0.4) is 0 Å². The van der Waals surface area contributed by atoms with Gasteiger partial charge in [-0.15, -0.1) is 11.3 Å². The second-order valence-electron chi connectivity index (χ2n) is 4.13. The Kier molecular flexibility index (Phi) is 4.09. The maximum absolute atomic E-state index is 11.6. The van der Waals surface area contributed by atoms with E-state index in [2.05, 4.69) is 15.4 Å². The van der Waals surface area contributed by atoms with Crippen LogP contribution in [0.15, 0.2) is 17.0 Å². The van der Waals surface area contributed by atoms with Crippen LogP contribution in [0.1, 0.15) is 28.3 Å². The van der Waals surface area contributed by atoms with Crippen LogP contribution in [-0.4, -0.2) is 27.2 Å². The van der Waals surface area contributed by atoms with Crippen molar-refractivity contribution >= 4 is 17.2 Å². The molecule has 6 heteroatoms. The van der Waals surface area contributed by atoms with Crippen LogP contribution in [0, 0.1) is 13.8 Å². The van der Waals surface area contributed by atoms with Gasteiger partial charge in [-0.05, 0) is 26.3 Å². The van der Waals surface area contributed by atoms with Crippen LogP contribution in [-0.2, 0) is 6.54 Å². The largest absolute Gasteiger partial charge is 0.351 e. The van der Waals surface area contributed by atoms with E-state index in [4.69, 9.17) is 0 Å². The predicted molar refractivity (Wildman–Crippen MR) is 70.8 cm³/mol. The Bertz CT molecular complexity index is 518. The van der Waals surface area contributed by atoms with Gasteiger partial charge in [0.2, 0.25) is 0 Å². The first-order valence-corrected chi connectivity index (χ1v) is 6.78. The van der Waals surface area contributed by atoms with Crippen LogP contribution in [0.4, 0.5) is 0 Å². The Balaban J connectivity index is 1.73. The van der Waals surface area contributed by atoms with Gasteiger partial charge in [0.25, 0.3) is 5.91 Å². The van der Waals surface area contributed by atoms with E-state index in [0.29, 0.717) is 12.2 Å². The first-order valence-electron chi connectivity index (χ1n) is 5.84. The number of hydrogen-bond acceptors (Lipinski definition) is 4. The van der Waals surface area contributed by atoms with E-state index in [1.54, 1.807) is 10.9 Å². The SMILES string of the molecule is Cc1cc(C)n(CCCNC(=O)c2cscn2)n1. The van der Waals surface area contributed by atoms with Gasteiger partial charge in [-0.2, -0.15) is 5.10 Å². The molecule has 0 saturated carbocycles. The molecular weight excluding hydrogens is 248 g/mol. The maximum atomic E-state index is 11.6. The third-order valence-electron chi connectivity index (χ3n) is 2.60. The molecule has 0 fully saturated rings. The summed E-state index contributed by atoms with van der Waals surface area (Å²) in [6.07, 6.45) is 0.859. The summed E-state index contributed by atoms with van der Waals surface area (Å²) in [5, 5.41) is 8.96. The lowest BCUT2D eigenvalue weighted by atomic mass is 10.3. The third kappa shape index (κ3) is 3.16. The first-order chi connectivity index (χ1) is 8.66. The molecule has 0 aromatic carbocycles. The van der Waals surface area contributed by atoms with Crippen molar-refractivity contribution in [1.82, 2.24) is 20.1 Å². The molecule has 96 valence electrons. The Morgan fingerprint density at radius 1 is 1.50 bits per heavy atom. The van der Waals surface area contributed by atoms with Gasteiger partial charge in [0.1, 0.15) is 5.69 Å². The number of rotatable bonds is 5. The summed E-state index contributed by atoms with van der Waals surface area (Å²) >= 11 is 1.42. The van der Waals surface area contributed by atoms with Gasteiger partial charge in [-0.25, -0.2) is 4.98 Å². The van der Waals surface area contributed by atoms with Crippen LogP contribution in [0.25, 0.3) is 0 Å². The maximum Gasteiger partial charge on any atom is 0.270 e. The minimum atomic E-state index is -0.107. The fraction of sp³-hybridized carbons (Fsp3) is 0.417. The van der Waals surface area contributed by atoms with Crippen molar-refractivity contribution in [2.75, 3.05) is 6.54 Å². The number of nitrogens with one attached hydrogen (secondary N) is 1. The van der Waals surface area contributed by atoms with Crippen LogP contribution < -0.4 is 5.32 Å². The molecule has 0 unspecified atom stereocenters. The average Bonchev–Trinajstić information content (AvgIpc) is 2.94. The number of carbonyl (C=O) groups excluding carboxylic acids is 1. The topological polar surface area (TPSA) is 59.8 Å². The molecule has 18 heavy (non-hydrogen) atoms. The summed E-state index contributed by atoms with van der Waals surface area (Å²) in [5.74, 6) is -0.107. The number of carbonyl (C=O) groups is 1. The normalized spacial score (nSPS) is 10.6. The highest BCUT2D eigenvalue weighted by Crippen LogP contribution is 2.03. The molecule has 0 aliphatic heterocycles. The van der Waals surface area contributed by atoms with Crippen molar-refractivity contribution < 1.29 is 4.79 Å². The molecule has 2 rings (SSSR count). The van der Waals surface area contributed by atoms with Crippen LogP contribution in [0.2, 0.25) is 0 Å². The third-order valence-corrected chi connectivity index (χ3v) is 3.19. The standard InChI is InChI=1S/C12H16N4OS/c1-9-6-10(2)16(15-9)5-3-4-13-12(17)11-7-18-8-14-11/h6-8H,3-5H2,1-2H3,(H,13,17). The summed E-state index contributed by atoms with van der Waals surface area (Å²) in [6.45, 7) is 5.47. The van der Waals surface area contributed by atoms with Gasteiger partial charge in [0, 0.05) is 24.2 Å². The number of amides is 1. The van der Waals surface area contributed by atoms with E-state index in [1.165, 1.54) is 11.3 Å². The molecule has 0 atom stereocenters. The summed E-state index contributed by atoms with van der Waals surface area (Å²) in [7, 11) is 0. The van der Waals surface area contributed by atoms with Crippen molar-refractivity contribution in [2.45, 2.75) is 26.8 Å². The second kappa shape index (κ2) is 5.77. The first kappa shape index (κ1) is 12.8. The van der Waals surface area contributed by atoms with Crippen LogP contribution in [0.5, 0.6) is 0 Å². The molecule has 5 nitrogen and oxygen atoms in total. The van der Waals surface area contributed by atoms with E-state index in [1.807, 2.05) is 24.6 Å². The second-order valence-corrected chi connectivity index (χ2v) is 4.85. The highest BCUT2D eigenvalue weighted by molar-refractivity contribution is 7.07. The molecule has 2 heterocycles. The lowest BCUT2D eigenvalue weighted by molar-refractivity contribution is 0.0948. The lowest BCUT2D eigenvalue weighted by Crippen LogP contribution is -2.25. The van der Waals surface area contributed by atoms with E-state index >= 15 is 0 Å². The quantitative estimate of drug-likeness (QED) is 0.837. The van der Waals surface area contributed by atoms with Gasteiger partial charge >= 0.3 is 0 Å². The van der Waals surface area contributed by atoms with Crippen molar-refractivity contribution in [3.63, 3.8) is 0 Å². The zero-order valence-corrected chi connectivity index (χ0v) is 11.3. The number of aryl methyl sites for hydroxylation is 3. The van der Waals surface area contributed by atoms with E-state index in [9.17, 15) is 4.79 Å². The number of aromatic nitrogens is 3. The number of nitrogens with zero attached hydrogens (tertiary/aromatic N) is 3. The lowest BCUT2D eigenvalue weighted by Gasteiger charge is -2.05. The Morgan fingerprint density at radius 2 is 2.33 bits per heavy atom. The molecule has 0 aliphatic carbocycles. The molecule has 2 aromatic heterocycles. The summed E-state index contributed by atoms with van der Waals surface area (Å²) in [5.41, 5.74) is 4.33. The molecule has 0 bridgehead atoms. The monoisotopic (exact) mass is 264 g/mol. The van der Waals surface area contributed by atoms with Gasteiger partial charge in [0.15, 0.2) is 0 Å². The van der Waals surface area contributed by atoms with Gasteiger partial charge in [-0.1, -0.05) is 0 Å². The molecule has 2 aromatic rings. The molecule has 1 N–H and O–H groups in total. The fourth-order valence-corrected chi connectivity index (χ4v) is 2.28. The van der Waals surface area contributed by atoms with Crippen molar-refractivity contribution in [3.05, 3.63) is 34.0 Å². The molecule has 0 aliphatic rings. The fourth-order valence-electron chi connectivity index (χ4n) is 1.75. The number of thiazole rings is 1. The zero-order valence-electron chi connectivity index (χ0n) is 10.5. The molecule has 0 radical (unpaired) electrons. The van der Waals surface area contributed by atoms with Crippen LogP contribution >= 0.6 is 11.3 Å². The Morgan fingerprint density at radius 3 is 2.94 bits per heavy atom. The highest BCUT2D eigenvalue weighted by atomic mass is 32.1. The summed E-state index contributed by atoms with van der Waals surface area (Å²) in [4.78, 5) is 15.6. The smallest absolute Gasteiger partial charge is 0.270 e. The van der Waals surface area contributed by atoms with Crippen molar-refractivity contribution in [2.24, 2.45) is 0 Å². The minimum absolute atomic E-state index is 0.107. The van der Waals surface area contributed by atoms with Gasteiger partial charge in [0.05, 0.1) is 11.2 Å². The molecular formula is C12H16N4OS. The average molecular weight is 264 g/mol. The van der Waals surface area contributed by atoms with E-state index in [-0.39, 0.29) is 5.91 Å².